The van der Waals surface area contributed by atoms with Crippen LogP contribution in [0.5, 0.6) is 5.75 Å². The summed E-state index contributed by atoms with van der Waals surface area (Å²) in [5.41, 5.74) is 1.05. The van der Waals surface area contributed by atoms with Gasteiger partial charge in [-0.3, -0.25) is 4.79 Å². The molecule has 0 unspecified atom stereocenters. The lowest BCUT2D eigenvalue weighted by Crippen LogP contribution is -2.23. The molecule has 0 aliphatic rings. The molecule has 0 saturated heterocycles. The number of rotatable bonds is 6. The Morgan fingerprint density at radius 3 is 2.62 bits per heavy atom. The fourth-order valence-electron chi connectivity index (χ4n) is 2.81. The van der Waals surface area contributed by atoms with Crippen molar-refractivity contribution in [2.75, 3.05) is 6.61 Å². The van der Waals surface area contributed by atoms with Crippen molar-refractivity contribution in [1.29, 1.82) is 0 Å². The molecule has 4 aromatic rings. The summed E-state index contributed by atoms with van der Waals surface area (Å²) >= 11 is 0. The summed E-state index contributed by atoms with van der Waals surface area (Å²) in [5, 5.41) is 8.19. The summed E-state index contributed by atoms with van der Waals surface area (Å²) in [5.74, 6) is 0.942. The van der Waals surface area contributed by atoms with Gasteiger partial charge in [-0.25, -0.2) is 9.07 Å². The van der Waals surface area contributed by atoms with Crippen molar-refractivity contribution in [3.05, 3.63) is 82.7 Å². The molecule has 146 valence electrons. The van der Waals surface area contributed by atoms with Gasteiger partial charge in [0.1, 0.15) is 18.1 Å². The Morgan fingerprint density at radius 2 is 1.86 bits per heavy atom. The maximum Gasteiger partial charge on any atom is 0.267 e. The van der Waals surface area contributed by atoms with Crippen molar-refractivity contribution in [2.45, 2.75) is 13.5 Å². The van der Waals surface area contributed by atoms with Crippen LogP contribution in [-0.4, -0.2) is 26.5 Å². The quantitative estimate of drug-likeness (QED) is 0.499. The third-order valence-corrected chi connectivity index (χ3v) is 4.19. The van der Waals surface area contributed by atoms with Gasteiger partial charge in [-0.2, -0.15) is 10.1 Å². The molecule has 7 nitrogen and oxygen atoms in total. The summed E-state index contributed by atoms with van der Waals surface area (Å²) < 4.78 is 25.9. The molecule has 0 aliphatic carbocycles. The topological polar surface area (TPSA) is 83.0 Å². The highest BCUT2D eigenvalue weighted by Gasteiger charge is 2.13. The number of aromatic nitrogens is 4. The predicted molar refractivity (Wildman–Crippen MR) is 104 cm³/mol. The number of hydrogen-bond acceptors (Lipinski definition) is 6. The van der Waals surface area contributed by atoms with E-state index in [1.54, 1.807) is 18.2 Å². The Bertz CT molecular complexity index is 1190. The van der Waals surface area contributed by atoms with Gasteiger partial charge in [-0.15, -0.1) is 0 Å². The minimum absolute atomic E-state index is 0.0227. The van der Waals surface area contributed by atoms with Gasteiger partial charge in [0, 0.05) is 17.2 Å². The van der Waals surface area contributed by atoms with Crippen molar-refractivity contribution in [3.63, 3.8) is 0 Å². The molecule has 0 bridgehead atoms. The van der Waals surface area contributed by atoms with Crippen LogP contribution in [0.2, 0.25) is 0 Å². The van der Waals surface area contributed by atoms with E-state index in [0.717, 1.165) is 16.0 Å². The first-order chi connectivity index (χ1) is 14.1. The van der Waals surface area contributed by atoms with Gasteiger partial charge >= 0.3 is 0 Å². The number of ether oxygens (including phenoxy) is 1. The highest BCUT2D eigenvalue weighted by molar-refractivity contribution is 5.59. The van der Waals surface area contributed by atoms with Crippen LogP contribution in [0.25, 0.3) is 22.6 Å². The lowest BCUT2D eigenvalue weighted by Gasteiger charge is -2.05. The van der Waals surface area contributed by atoms with E-state index in [4.69, 9.17) is 9.26 Å². The molecule has 0 N–H and O–H groups in total. The van der Waals surface area contributed by atoms with E-state index in [-0.39, 0.29) is 18.0 Å². The van der Waals surface area contributed by atoms with Crippen molar-refractivity contribution in [2.24, 2.45) is 0 Å². The molecule has 29 heavy (non-hydrogen) atoms. The van der Waals surface area contributed by atoms with Crippen molar-refractivity contribution in [1.82, 2.24) is 19.9 Å². The Kier molecular flexibility index (Phi) is 5.15. The summed E-state index contributed by atoms with van der Waals surface area (Å²) in [6, 6.07) is 16.3. The molecule has 2 aromatic carbocycles. The molecule has 0 saturated carbocycles. The largest absolute Gasteiger partial charge is 0.494 e. The minimum Gasteiger partial charge on any atom is -0.494 e. The maximum absolute atomic E-state index is 14.0. The zero-order valence-electron chi connectivity index (χ0n) is 15.6. The lowest BCUT2D eigenvalue weighted by atomic mass is 10.1. The third-order valence-electron chi connectivity index (χ3n) is 4.19. The molecular formula is C21H17FN4O3. The second-order valence-corrected chi connectivity index (χ2v) is 6.16. The molecule has 0 aliphatic heterocycles. The highest BCUT2D eigenvalue weighted by atomic mass is 19.1. The summed E-state index contributed by atoms with van der Waals surface area (Å²) in [6.45, 7) is 2.47. The van der Waals surface area contributed by atoms with Crippen LogP contribution in [0, 0.1) is 5.82 Å². The molecule has 2 heterocycles. The van der Waals surface area contributed by atoms with E-state index < -0.39 is 5.82 Å². The van der Waals surface area contributed by atoms with E-state index in [1.165, 1.54) is 18.2 Å². The standard InChI is InChI=1S/C21H17FN4O3/c1-2-28-15-9-7-14(8-10-15)21-23-19(29-25-21)13-26-20(27)12-11-18(24-26)16-5-3-4-6-17(16)22/h3-12H,2,13H2,1H3. The number of halogens is 1. The van der Waals surface area contributed by atoms with Crippen molar-refractivity contribution >= 4 is 0 Å². The fourth-order valence-corrected chi connectivity index (χ4v) is 2.81. The Morgan fingerprint density at radius 1 is 1.07 bits per heavy atom. The van der Waals surface area contributed by atoms with Crippen LogP contribution in [0.4, 0.5) is 4.39 Å². The van der Waals surface area contributed by atoms with E-state index >= 15 is 0 Å². The molecular weight excluding hydrogens is 375 g/mol. The predicted octanol–water partition coefficient (Wildman–Crippen LogP) is 3.55. The summed E-state index contributed by atoms with van der Waals surface area (Å²) in [4.78, 5) is 16.5. The molecule has 0 fully saturated rings. The number of benzene rings is 2. The van der Waals surface area contributed by atoms with Gasteiger partial charge in [0.05, 0.1) is 12.3 Å². The lowest BCUT2D eigenvalue weighted by molar-refractivity contribution is 0.340. The second kappa shape index (κ2) is 8.05. The zero-order valence-corrected chi connectivity index (χ0v) is 15.6. The third kappa shape index (κ3) is 4.06. The second-order valence-electron chi connectivity index (χ2n) is 6.16. The van der Waals surface area contributed by atoms with Crippen LogP contribution in [0.1, 0.15) is 12.8 Å². The summed E-state index contributed by atoms with van der Waals surface area (Å²) in [7, 11) is 0. The first kappa shape index (κ1) is 18.5. The first-order valence-electron chi connectivity index (χ1n) is 9.03. The Hall–Kier alpha value is -3.81. The van der Waals surface area contributed by atoms with Crippen molar-refractivity contribution < 1.29 is 13.7 Å². The Balaban J connectivity index is 1.58. The number of hydrogen-bond donors (Lipinski definition) is 0. The van der Waals surface area contributed by atoms with Gasteiger partial charge in [-0.05, 0) is 49.4 Å². The van der Waals surface area contributed by atoms with Gasteiger partial charge in [-0.1, -0.05) is 17.3 Å². The molecule has 8 heteroatoms. The van der Waals surface area contributed by atoms with Gasteiger partial charge in [0.15, 0.2) is 0 Å². The molecule has 0 amide bonds. The number of nitrogens with zero attached hydrogens (tertiary/aromatic N) is 4. The van der Waals surface area contributed by atoms with Crippen LogP contribution in [-0.2, 0) is 6.54 Å². The van der Waals surface area contributed by atoms with Gasteiger partial charge in [0.2, 0.25) is 11.7 Å². The average Bonchev–Trinajstić information content (AvgIpc) is 3.19. The zero-order chi connectivity index (χ0) is 20.2. The minimum atomic E-state index is -0.416. The van der Waals surface area contributed by atoms with Crippen LogP contribution >= 0.6 is 0 Å². The smallest absolute Gasteiger partial charge is 0.267 e. The highest BCUT2D eigenvalue weighted by Crippen LogP contribution is 2.21. The molecule has 0 radical (unpaired) electrons. The molecule has 0 atom stereocenters. The summed E-state index contributed by atoms with van der Waals surface area (Å²) in [6.07, 6.45) is 0. The maximum atomic E-state index is 14.0. The molecule has 2 aromatic heterocycles. The first-order valence-corrected chi connectivity index (χ1v) is 9.03. The van der Waals surface area contributed by atoms with E-state index in [1.807, 2.05) is 31.2 Å². The Labute approximate surface area is 165 Å². The van der Waals surface area contributed by atoms with Crippen molar-refractivity contribution in [3.8, 4) is 28.4 Å². The van der Waals surface area contributed by atoms with Crippen LogP contribution < -0.4 is 10.3 Å². The van der Waals surface area contributed by atoms with Gasteiger partial charge in [0.25, 0.3) is 5.56 Å². The monoisotopic (exact) mass is 392 g/mol. The van der Waals surface area contributed by atoms with E-state index in [9.17, 15) is 9.18 Å². The average molecular weight is 392 g/mol. The van der Waals surface area contributed by atoms with Crippen LogP contribution in [0.3, 0.4) is 0 Å². The van der Waals surface area contributed by atoms with E-state index in [0.29, 0.717) is 23.7 Å². The van der Waals surface area contributed by atoms with E-state index in [2.05, 4.69) is 15.2 Å². The SMILES string of the molecule is CCOc1ccc(-c2noc(Cn3nc(-c4ccccc4F)ccc3=O)n2)cc1. The molecule has 4 rings (SSSR count). The van der Waals surface area contributed by atoms with Gasteiger partial charge < -0.3 is 9.26 Å². The normalized spacial score (nSPS) is 10.8. The molecule has 0 spiro atoms. The fraction of sp³-hybridized carbons (Fsp3) is 0.143. The van der Waals surface area contributed by atoms with Crippen LogP contribution in [0.15, 0.2) is 70.0 Å².